The highest BCUT2D eigenvalue weighted by atomic mass is 14.7. The number of hydrogen-bond donors (Lipinski definition) is 1. The maximum Gasteiger partial charge on any atom is 0.0692 e. The third-order valence-electron chi connectivity index (χ3n) is 2.57. The number of rotatable bonds is 3. The fourth-order valence-electron chi connectivity index (χ4n) is 1.54. The van der Waals surface area contributed by atoms with Gasteiger partial charge in [-0.15, -0.1) is 0 Å². The molecule has 2 rings (SSSR count). The number of nitrogen functional groups attached to an aromatic ring is 1. The van der Waals surface area contributed by atoms with E-state index in [2.05, 4.69) is 23.0 Å². The van der Waals surface area contributed by atoms with Crippen molar-refractivity contribution in [3.05, 3.63) is 53.6 Å². The average molecular weight is 213 g/mol. The number of nitrogens with zero attached hydrogens (tertiary/aromatic N) is 2. The number of nitrogens with two attached hydrogens (primary N) is 1. The standard InChI is InChI=1S/C13H15N3/c1-2-10-5-6-11(16-9-10)8-13-12(14)4-3-7-15-13/h3-7,9H,2,8,14H2,1H3. The average Bonchev–Trinajstić information content (AvgIpc) is 2.33. The first-order valence-corrected chi connectivity index (χ1v) is 5.42. The van der Waals surface area contributed by atoms with Gasteiger partial charge in [-0.25, -0.2) is 0 Å². The summed E-state index contributed by atoms with van der Waals surface area (Å²) < 4.78 is 0. The lowest BCUT2D eigenvalue weighted by atomic mass is 10.1. The van der Waals surface area contributed by atoms with Crippen LogP contribution in [-0.2, 0) is 12.8 Å². The van der Waals surface area contributed by atoms with Crippen LogP contribution < -0.4 is 5.73 Å². The van der Waals surface area contributed by atoms with Gasteiger partial charge < -0.3 is 5.73 Å². The number of pyridine rings is 2. The molecule has 0 unspecified atom stereocenters. The lowest BCUT2D eigenvalue weighted by molar-refractivity contribution is 0.995. The maximum atomic E-state index is 5.83. The van der Waals surface area contributed by atoms with Crippen LogP contribution in [0.4, 0.5) is 5.69 Å². The minimum absolute atomic E-state index is 0.691. The van der Waals surface area contributed by atoms with E-state index in [1.807, 2.05) is 24.4 Å². The molecule has 0 aliphatic rings. The number of aryl methyl sites for hydroxylation is 1. The zero-order valence-electron chi connectivity index (χ0n) is 9.35. The molecule has 82 valence electrons. The van der Waals surface area contributed by atoms with Gasteiger partial charge >= 0.3 is 0 Å². The molecule has 0 saturated heterocycles. The minimum atomic E-state index is 0.691. The lowest BCUT2D eigenvalue weighted by Gasteiger charge is -2.04. The maximum absolute atomic E-state index is 5.83. The molecule has 16 heavy (non-hydrogen) atoms. The molecule has 0 aromatic carbocycles. The molecule has 2 heterocycles. The molecule has 2 aromatic rings. The smallest absolute Gasteiger partial charge is 0.0692 e. The first-order chi connectivity index (χ1) is 7.79. The molecule has 0 atom stereocenters. The molecule has 0 bridgehead atoms. The number of anilines is 1. The molecule has 0 radical (unpaired) electrons. The predicted octanol–water partition coefficient (Wildman–Crippen LogP) is 2.21. The first-order valence-electron chi connectivity index (χ1n) is 5.42. The molecule has 0 aliphatic heterocycles. The SMILES string of the molecule is CCc1ccc(Cc2ncccc2N)nc1. The van der Waals surface area contributed by atoms with Gasteiger partial charge in [-0.05, 0) is 30.2 Å². The van der Waals surface area contributed by atoms with E-state index >= 15 is 0 Å². The quantitative estimate of drug-likeness (QED) is 0.850. The van der Waals surface area contributed by atoms with E-state index in [0.717, 1.165) is 23.5 Å². The van der Waals surface area contributed by atoms with Gasteiger partial charge in [-0.2, -0.15) is 0 Å². The highest BCUT2D eigenvalue weighted by Crippen LogP contribution is 2.12. The second-order valence-corrected chi connectivity index (χ2v) is 3.73. The Hall–Kier alpha value is -1.90. The van der Waals surface area contributed by atoms with Gasteiger partial charge in [-0.1, -0.05) is 13.0 Å². The predicted molar refractivity (Wildman–Crippen MR) is 65.1 cm³/mol. The normalized spacial score (nSPS) is 10.3. The molecular weight excluding hydrogens is 198 g/mol. The third-order valence-corrected chi connectivity index (χ3v) is 2.57. The number of hydrogen-bond acceptors (Lipinski definition) is 3. The Morgan fingerprint density at radius 3 is 2.69 bits per heavy atom. The van der Waals surface area contributed by atoms with Crippen LogP contribution in [0.15, 0.2) is 36.7 Å². The van der Waals surface area contributed by atoms with Gasteiger partial charge in [0.25, 0.3) is 0 Å². The van der Waals surface area contributed by atoms with Crippen LogP contribution >= 0.6 is 0 Å². The summed E-state index contributed by atoms with van der Waals surface area (Å²) in [4.78, 5) is 8.64. The summed E-state index contributed by atoms with van der Waals surface area (Å²) in [6.07, 6.45) is 5.37. The van der Waals surface area contributed by atoms with Crippen molar-refractivity contribution in [3.63, 3.8) is 0 Å². The summed E-state index contributed by atoms with van der Waals surface area (Å²) in [5, 5.41) is 0. The Balaban J connectivity index is 2.18. The van der Waals surface area contributed by atoms with Crippen molar-refractivity contribution in [1.29, 1.82) is 0 Å². The molecule has 3 heteroatoms. The van der Waals surface area contributed by atoms with Crippen molar-refractivity contribution >= 4 is 5.69 Å². The number of aromatic nitrogens is 2. The van der Waals surface area contributed by atoms with Gasteiger partial charge in [0.05, 0.1) is 11.4 Å². The molecule has 0 aliphatic carbocycles. The molecule has 2 N–H and O–H groups in total. The Morgan fingerprint density at radius 2 is 2.06 bits per heavy atom. The fraction of sp³-hybridized carbons (Fsp3) is 0.231. The van der Waals surface area contributed by atoms with E-state index < -0.39 is 0 Å². The van der Waals surface area contributed by atoms with E-state index in [1.165, 1.54) is 5.56 Å². The Bertz CT molecular complexity index is 463. The summed E-state index contributed by atoms with van der Waals surface area (Å²) in [7, 11) is 0. The van der Waals surface area contributed by atoms with Crippen LogP contribution in [0, 0.1) is 0 Å². The largest absolute Gasteiger partial charge is 0.397 e. The van der Waals surface area contributed by atoms with Crippen molar-refractivity contribution < 1.29 is 0 Å². The zero-order valence-corrected chi connectivity index (χ0v) is 9.35. The summed E-state index contributed by atoms with van der Waals surface area (Å²) in [5.74, 6) is 0. The van der Waals surface area contributed by atoms with Crippen LogP contribution in [0.1, 0.15) is 23.9 Å². The highest BCUT2D eigenvalue weighted by Gasteiger charge is 2.02. The third kappa shape index (κ3) is 2.37. The molecule has 0 fully saturated rings. The second kappa shape index (κ2) is 4.75. The fourth-order valence-corrected chi connectivity index (χ4v) is 1.54. The van der Waals surface area contributed by atoms with Crippen LogP contribution in [0.5, 0.6) is 0 Å². The Morgan fingerprint density at radius 1 is 1.19 bits per heavy atom. The van der Waals surface area contributed by atoms with Crippen molar-refractivity contribution in [3.8, 4) is 0 Å². The molecule has 2 aromatic heterocycles. The van der Waals surface area contributed by atoms with Gasteiger partial charge in [0.15, 0.2) is 0 Å². The van der Waals surface area contributed by atoms with E-state index in [1.54, 1.807) is 6.20 Å². The van der Waals surface area contributed by atoms with E-state index in [4.69, 9.17) is 5.73 Å². The summed E-state index contributed by atoms with van der Waals surface area (Å²) in [5.41, 5.74) is 9.70. The van der Waals surface area contributed by atoms with E-state index in [9.17, 15) is 0 Å². The molecular formula is C13H15N3. The second-order valence-electron chi connectivity index (χ2n) is 3.73. The first kappa shape index (κ1) is 10.6. The summed E-state index contributed by atoms with van der Waals surface area (Å²) in [6, 6.07) is 7.84. The lowest BCUT2D eigenvalue weighted by Crippen LogP contribution is -2.00. The Kier molecular flexibility index (Phi) is 3.15. The highest BCUT2D eigenvalue weighted by molar-refractivity contribution is 5.43. The van der Waals surface area contributed by atoms with Crippen LogP contribution in [0.3, 0.4) is 0 Å². The monoisotopic (exact) mass is 213 g/mol. The van der Waals surface area contributed by atoms with Crippen LogP contribution in [-0.4, -0.2) is 9.97 Å². The van der Waals surface area contributed by atoms with E-state index in [0.29, 0.717) is 6.42 Å². The van der Waals surface area contributed by atoms with E-state index in [-0.39, 0.29) is 0 Å². The zero-order chi connectivity index (χ0) is 11.4. The van der Waals surface area contributed by atoms with Crippen molar-refractivity contribution in [2.45, 2.75) is 19.8 Å². The van der Waals surface area contributed by atoms with Gasteiger partial charge in [0.2, 0.25) is 0 Å². The van der Waals surface area contributed by atoms with Crippen LogP contribution in [0.2, 0.25) is 0 Å². The minimum Gasteiger partial charge on any atom is -0.397 e. The van der Waals surface area contributed by atoms with Gasteiger partial charge in [0, 0.05) is 24.5 Å². The molecule has 3 nitrogen and oxygen atoms in total. The molecule has 0 saturated carbocycles. The van der Waals surface area contributed by atoms with Crippen LogP contribution in [0.25, 0.3) is 0 Å². The molecule has 0 spiro atoms. The summed E-state index contributed by atoms with van der Waals surface area (Å²) >= 11 is 0. The van der Waals surface area contributed by atoms with Crippen molar-refractivity contribution in [1.82, 2.24) is 9.97 Å². The summed E-state index contributed by atoms with van der Waals surface area (Å²) in [6.45, 7) is 2.12. The van der Waals surface area contributed by atoms with Gasteiger partial charge in [0.1, 0.15) is 0 Å². The Labute approximate surface area is 95.4 Å². The van der Waals surface area contributed by atoms with Crippen molar-refractivity contribution in [2.24, 2.45) is 0 Å². The van der Waals surface area contributed by atoms with Gasteiger partial charge in [-0.3, -0.25) is 9.97 Å². The van der Waals surface area contributed by atoms with Crippen molar-refractivity contribution in [2.75, 3.05) is 5.73 Å². The topological polar surface area (TPSA) is 51.8 Å². The molecule has 0 amide bonds.